The van der Waals surface area contributed by atoms with Crippen LogP contribution < -0.4 is 0 Å². The standard InChI is InChI=1S/2C14H17N2.CH3.Pt/c2*1-4-11(2)14-10-12(3)15-16(14)13-8-6-5-7-9-13;;/h2*5-8,10-11H,4H2,1-3H3;1H3;/q3*-1;. The Morgan fingerprint density at radius 2 is 1.12 bits per heavy atom. The normalized spacial score (nSPS) is 11.9. The maximum Gasteiger partial charge on any atom is 0.0600 e. The second kappa shape index (κ2) is 14.1. The molecule has 0 saturated heterocycles. The van der Waals surface area contributed by atoms with Gasteiger partial charge in [0.1, 0.15) is 0 Å². The van der Waals surface area contributed by atoms with E-state index in [1.54, 1.807) is 0 Å². The average Bonchev–Trinajstić information content (AvgIpc) is 3.42. The van der Waals surface area contributed by atoms with Crippen molar-refractivity contribution in [3.63, 3.8) is 0 Å². The summed E-state index contributed by atoms with van der Waals surface area (Å²) in [5, 5.41) is 9.07. The molecule has 34 heavy (non-hydrogen) atoms. The predicted octanol–water partition coefficient (Wildman–Crippen LogP) is 7.44. The molecule has 0 aliphatic rings. The van der Waals surface area contributed by atoms with Crippen molar-refractivity contribution in [2.45, 2.75) is 66.2 Å². The number of aryl methyl sites for hydroxylation is 2. The van der Waals surface area contributed by atoms with Crippen LogP contribution in [0.5, 0.6) is 0 Å². The fourth-order valence-electron chi connectivity index (χ4n) is 3.58. The van der Waals surface area contributed by atoms with Crippen molar-refractivity contribution in [3.05, 3.63) is 103 Å². The summed E-state index contributed by atoms with van der Waals surface area (Å²) in [4.78, 5) is 0. The van der Waals surface area contributed by atoms with Crippen LogP contribution >= 0.6 is 0 Å². The molecule has 4 aromatic rings. The molecule has 0 amide bonds. The van der Waals surface area contributed by atoms with Gasteiger partial charge in [0, 0.05) is 32.5 Å². The van der Waals surface area contributed by atoms with Crippen LogP contribution in [-0.2, 0) is 21.1 Å². The Morgan fingerprint density at radius 3 is 1.41 bits per heavy atom. The molecule has 2 unspecified atom stereocenters. The van der Waals surface area contributed by atoms with Crippen molar-refractivity contribution in [1.82, 2.24) is 19.6 Å². The van der Waals surface area contributed by atoms with E-state index in [9.17, 15) is 0 Å². The first kappa shape index (κ1) is 29.6. The van der Waals surface area contributed by atoms with Crippen molar-refractivity contribution < 1.29 is 21.1 Å². The summed E-state index contributed by atoms with van der Waals surface area (Å²) in [5.74, 6) is 1.05. The molecule has 2 aromatic carbocycles. The van der Waals surface area contributed by atoms with E-state index in [2.05, 4.69) is 62.2 Å². The van der Waals surface area contributed by atoms with E-state index in [0.717, 1.165) is 35.6 Å². The third-order valence-corrected chi connectivity index (χ3v) is 5.79. The van der Waals surface area contributed by atoms with Gasteiger partial charge in [-0.3, -0.25) is 9.36 Å². The number of benzene rings is 2. The monoisotopic (exact) mass is 636 g/mol. The van der Waals surface area contributed by atoms with Gasteiger partial charge in [-0.05, 0) is 62.0 Å². The molecule has 4 nitrogen and oxygen atoms in total. The quantitative estimate of drug-likeness (QED) is 0.206. The van der Waals surface area contributed by atoms with Gasteiger partial charge in [0.15, 0.2) is 0 Å². The molecule has 0 spiro atoms. The van der Waals surface area contributed by atoms with Crippen LogP contribution in [0.2, 0.25) is 0 Å². The van der Waals surface area contributed by atoms with Gasteiger partial charge >= 0.3 is 0 Å². The largest absolute Gasteiger partial charge is 0.358 e. The first-order valence-electron chi connectivity index (χ1n) is 11.5. The fourth-order valence-corrected chi connectivity index (χ4v) is 3.58. The van der Waals surface area contributed by atoms with Gasteiger partial charge in [-0.2, -0.15) is 58.7 Å². The Labute approximate surface area is 220 Å². The van der Waals surface area contributed by atoms with Crippen LogP contribution in [0.25, 0.3) is 11.4 Å². The molecule has 0 saturated carbocycles. The zero-order valence-corrected chi connectivity index (χ0v) is 23.7. The van der Waals surface area contributed by atoms with E-state index in [0.29, 0.717) is 11.8 Å². The minimum absolute atomic E-state index is 0. The van der Waals surface area contributed by atoms with Crippen LogP contribution in [0.3, 0.4) is 0 Å². The summed E-state index contributed by atoms with van der Waals surface area (Å²) in [6.07, 6.45) is 2.25. The van der Waals surface area contributed by atoms with E-state index in [1.807, 2.05) is 71.7 Å². The van der Waals surface area contributed by atoms with Gasteiger partial charge in [-0.25, -0.2) is 0 Å². The van der Waals surface area contributed by atoms with Gasteiger partial charge in [0.2, 0.25) is 0 Å². The zero-order chi connectivity index (χ0) is 23.1. The van der Waals surface area contributed by atoms with E-state index in [4.69, 9.17) is 0 Å². The van der Waals surface area contributed by atoms with Gasteiger partial charge in [-0.1, -0.05) is 27.7 Å². The molecule has 2 atom stereocenters. The molecular formula is C29H37N4Pt-3. The summed E-state index contributed by atoms with van der Waals surface area (Å²) >= 11 is 0. The number of aromatic nitrogens is 4. The Balaban J connectivity index is 0.000000321. The first-order valence-corrected chi connectivity index (χ1v) is 11.5. The van der Waals surface area contributed by atoms with Crippen LogP contribution in [-0.4, -0.2) is 19.6 Å². The molecule has 5 heteroatoms. The van der Waals surface area contributed by atoms with Crippen molar-refractivity contribution in [3.8, 4) is 11.4 Å². The molecule has 0 radical (unpaired) electrons. The minimum Gasteiger partial charge on any atom is -0.358 e. The second-order valence-electron chi connectivity index (χ2n) is 8.36. The van der Waals surface area contributed by atoms with Gasteiger partial charge in [-0.15, -0.1) is 12.1 Å². The molecule has 4 rings (SSSR count). The van der Waals surface area contributed by atoms with Crippen LogP contribution in [0.4, 0.5) is 0 Å². The third kappa shape index (κ3) is 7.27. The molecule has 0 fully saturated rings. The molecular weight excluding hydrogens is 599 g/mol. The van der Waals surface area contributed by atoms with Crippen LogP contribution in [0.1, 0.15) is 75.1 Å². The van der Waals surface area contributed by atoms with Crippen molar-refractivity contribution in [2.75, 3.05) is 0 Å². The first-order chi connectivity index (χ1) is 15.4. The van der Waals surface area contributed by atoms with Gasteiger partial charge < -0.3 is 7.43 Å². The summed E-state index contributed by atoms with van der Waals surface area (Å²) in [5.41, 5.74) is 6.70. The third-order valence-electron chi connectivity index (χ3n) is 5.79. The smallest absolute Gasteiger partial charge is 0.0600 e. The second-order valence-corrected chi connectivity index (χ2v) is 8.36. The Hall–Kier alpha value is -2.45. The summed E-state index contributed by atoms with van der Waals surface area (Å²) in [6, 6.07) is 26.7. The van der Waals surface area contributed by atoms with Gasteiger partial charge in [0.25, 0.3) is 0 Å². The van der Waals surface area contributed by atoms with Gasteiger partial charge in [0.05, 0.1) is 11.4 Å². The molecule has 2 heterocycles. The summed E-state index contributed by atoms with van der Waals surface area (Å²) in [6.45, 7) is 12.9. The number of nitrogens with zero attached hydrogens (tertiary/aromatic N) is 4. The fraction of sp³-hybridized carbons (Fsp3) is 0.345. The van der Waals surface area contributed by atoms with E-state index < -0.39 is 0 Å². The van der Waals surface area contributed by atoms with Crippen LogP contribution in [0, 0.1) is 33.4 Å². The van der Waals surface area contributed by atoms with Crippen molar-refractivity contribution in [1.29, 1.82) is 0 Å². The van der Waals surface area contributed by atoms with Crippen molar-refractivity contribution in [2.24, 2.45) is 0 Å². The summed E-state index contributed by atoms with van der Waals surface area (Å²) in [7, 11) is 0. The zero-order valence-electron chi connectivity index (χ0n) is 21.4. The van der Waals surface area contributed by atoms with E-state index >= 15 is 0 Å². The Morgan fingerprint density at radius 1 is 0.735 bits per heavy atom. The number of rotatable bonds is 6. The molecule has 0 aliphatic heterocycles. The average molecular weight is 637 g/mol. The summed E-state index contributed by atoms with van der Waals surface area (Å²) < 4.78 is 4.01. The molecule has 0 aliphatic carbocycles. The van der Waals surface area contributed by atoms with Crippen LogP contribution in [0.15, 0.2) is 60.7 Å². The molecule has 2 aromatic heterocycles. The maximum absolute atomic E-state index is 4.54. The Bertz CT molecular complexity index is 1010. The minimum atomic E-state index is 0. The van der Waals surface area contributed by atoms with E-state index in [1.165, 1.54) is 11.4 Å². The SMILES string of the molecule is CCC(C)c1cc(C)nn1-c1[c-]cccc1.CCC(C)c1cc(C)nn1-c1[c-]cccc1.[CH3-].[Pt]. The van der Waals surface area contributed by atoms with Crippen molar-refractivity contribution >= 4 is 0 Å². The topological polar surface area (TPSA) is 35.6 Å². The molecule has 0 N–H and O–H groups in total. The maximum atomic E-state index is 4.54. The number of hydrogen-bond donors (Lipinski definition) is 0. The van der Waals surface area contributed by atoms with E-state index in [-0.39, 0.29) is 28.5 Å². The number of hydrogen-bond acceptors (Lipinski definition) is 2. The Kier molecular flexibility index (Phi) is 12.2. The molecule has 0 bridgehead atoms. The molecule has 186 valence electrons. The number of para-hydroxylation sites is 2. The predicted molar refractivity (Wildman–Crippen MR) is 138 cm³/mol.